The molecule has 0 radical (unpaired) electrons. The average Bonchev–Trinajstić information content (AvgIpc) is 1.89. The molecule has 0 aromatic carbocycles. The first kappa shape index (κ1) is 9.80. The van der Waals surface area contributed by atoms with Crippen LogP contribution in [0.5, 0.6) is 0 Å². The van der Waals surface area contributed by atoms with E-state index in [2.05, 4.69) is 13.0 Å². The zero-order valence-electron chi connectivity index (χ0n) is 6.55. The summed E-state index contributed by atoms with van der Waals surface area (Å²) >= 11 is 1.82. The smallest absolute Gasteiger partial charge is 0.102 e. The van der Waals surface area contributed by atoms with Gasteiger partial charge in [-0.2, -0.15) is 17.0 Å². The number of nitriles is 1. The van der Waals surface area contributed by atoms with Crippen LogP contribution in [-0.2, 0) is 0 Å². The monoisotopic (exact) mass is 158 g/mol. The molecule has 0 amide bonds. The maximum absolute atomic E-state index is 8.51. The molecule has 0 fully saturated rings. The fourth-order valence-corrected chi connectivity index (χ4v) is 1.34. The quantitative estimate of drug-likeness (QED) is 0.629. The van der Waals surface area contributed by atoms with Crippen LogP contribution in [0.1, 0.15) is 20.3 Å². The van der Waals surface area contributed by atoms with E-state index in [-0.39, 0.29) is 0 Å². The summed E-state index contributed by atoms with van der Waals surface area (Å²) in [5.41, 5.74) is 4.96. The van der Waals surface area contributed by atoms with E-state index in [1.807, 2.05) is 11.8 Å². The van der Waals surface area contributed by atoms with Gasteiger partial charge in [-0.3, -0.25) is 0 Å². The lowest BCUT2D eigenvalue weighted by Crippen LogP contribution is -2.34. The molecule has 3 heteroatoms. The van der Waals surface area contributed by atoms with Crippen LogP contribution in [-0.4, -0.2) is 17.0 Å². The van der Waals surface area contributed by atoms with Crippen LogP contribution in [0.3, 0.4) is 0 Å². The molecule has 1 atom stereocenters. The van der Waals surface area contributed by atoms with Crippen molar-refractivity contribution in [1.29, 1.82) is 5.26 Å². The van der Waals surface area contributed by atoms with Crippen LogP contribution in [0.15, 0.2) is 0 Å². The van der Waals surface area contributed by atoms with Crippen LogP contribution in [0.2, 0.25) is 0 Å². The van der Waals surface area contributed by atoms with Gasteiger partial charge in [0, 0.05) is 0 Å². The Labute approximate surface area is 66.8 Å². The number of nitrogens with two attached hydrogens (primary N) is 1. The second-order valence-corrected chi connectivity index (χ2v) is 3.87. The third-order valence-electron chi connectivity index (χ3n) is 1.23. The van der Waals surface area contributed by atoms with Gasteiger partial charge in [0.1, 0.15) is 5.54 Å². The number of hydrogen-bond acceptors (Lipinski definition) is 3. The minimum atomic E-state index is -0.623. The molecule has 58 valence electrons. The fourth-order valence-electron chi connectivity index (χ4n) is 0.484. The van der Waals surface area contributed by atoms with E-state index in [1.165, 1.54) is 0 Å². The summed E-state index contributed by atoms with van der Waals surface area (Å²) in [7, 11) is 0. The first-order valence-corrected chi connectivity index (χ1v) is 4.55. The molecule has 2 N–H and O–H groups in total. The van der Waals surface area contributed by atoms with Crippen LogP contribution < -0.4 is 5.73 Å². The first-order valence-electron chi connectivity index (χ1n) is 3.40. The van der Waals surface area contributed by atoms with Crippen LogP contribution in [0.4, 0.5) is 0 Å². The maximum atomic E-state index is 8.51. The molecule has 2 nitrogen and oxygen atoms in total. The minimum absolute atomic E-state index is 0.623. The Balaban J connectivity index is 3.40. The van der Waals surface area contributed by atoms with Crippen molar-refractivity contribution >= 4 is 11.8 Å². The molecular weight excluding hydrogens is 144 g/mol. The predicted octanol–water partition coefficient (Wildman–Crippen LogP) is 1.37. The average molecular weight is 158 g/mol. The number of hydrogen-bond donors (Lipinski definition) is 1. The van der Waals surface area contributed by atoms with E-state index in [9.17, 15) is 0 Å². The number of rotatable bonds is 4. The van der Waals surface area contributed by atoms with E-state index in [1.54, 1.807) is 6.92 Å². The van der Waals surface area contributed by atoms with Crippen molar-refractivity contribution in [1.82, 2.24) is 0 Å². The summed E-state index contributed by atoms with van der Waals surface area (Å²) in [6.07, 6.45) is 0.780. The molecule has 10 heavy (non-hydrogen) atoms. The minimum Gasteiger partial charge on any atom is -0.314 e. The van der Waals surface area contributed by atoms with Crippen molar-refractivity contribution in [2.24, 2.45) is 5.73 Å². The predicted molar refractivity (Wildman–Crippen MR) is 45.8 cm³/mol. The normalized spacial score (nSPS) is 15.8. The van der Waals surface area contributed by atoms with E-state index < -0.39 is 5.54 Å². The van der Waals surface area contributed by atoms with Gasteiger partial charge in [0.25, 0.3) is 0 Å². The molecule has 0 aliphatic heterocycles. The van der Waals surface area contributed by atoms with Crippen molar-refractivity contribution in [2.75, 3.05) is 11.5 Å². The van der Waals surface area contributed by atoms with Crippen molar-refractivity contribution in [3.8, 4) is 6.07 Å². The second-order valence-electron chi connectivity index (χ2n) is 2.48. The lowest BCUT2D eigenvalue weighted by molar-refractivity contribution is 0.583. The lowest BCUT2D eigenvalue weighted by atomic mass is 10.0. The third-order valence-corrected chi connectivity index (χ3v) is 2.13. The Kier molecular flexibility index (Phi) is 4.50. The summed E-state index contributed by atoms with van der Waals surface area (Å²) in [6.45, 7) is 3.87. The highest BCUT2D eigenvalue weighted by Crippen LogP contribution is 2.09. The van der Waals surface area contributed by atoms with Gasteiger partial charge in [-0.15, -0.1) is 0 Å². The second kappa shape index (κ2) is 4.59. The zero-order chi connectivity index (χ0) is 8.04. The fraction of sp³-hybridized carbons (Fsp3) is 0.857. The highest BCUT2D eigenvalue weighted by atomic mass is 32.2. The topological polar surface area (TPSA) is 49.8 Å². The molecule has 0 aliphatic rings. The summed E-state index contributed by atoms with van der Waals surface area (Å²) < 4.78 is 0. The van der Waals surface area contributed by atoms with E-state index in [0.717, 1.165) is 17.9 Å². The Morgan fingerprint density at radius 3 is 2.70 bits per heavy atom. The Morgan fingerprint density at radius 2 is 2.30 bits per heavy atom. The molecule has 1 unspecified atom stereocenters. The van der Waals surface area contributed by atoms with Gasteiger partial charge in [0.2, 0.25) is 0 Å². The van der Waals surface area contributed by atoms with Gasteiger partial charge in [0.15, 0.2) is 0 Å². The molecule has 0 rings (SSSR count). The van der Waals surface area contributed by atoms with Gasteiger partial charge in [-0.25, -0.2) is 0 Å². The summed E-state index contributed by atoms with van der Waals surface area (Å²) in [5.74, 6) is 2.08. The van der Waals surface area contributed by atoms with Crippen molar-refractivity contribution < 1.29 is 0 Å². The lowest BCUT2D eigenvalue weighted by Gasteiger charge is -2.13. The highest BCUT2D eigenvalue weighted by Gasteiger charge is 2.15. The van der Waals surface area contributed by atoms with Crippen LogP contribution >= 0.6 is 11.8 Å². The molecule has 0 aromatic rings. The Morgan fingerprint density at radius 1 is 1.70 bits per heavy atom. The molecule has 0 aromatic heterocycles. The summed E-state index contributed by atoms with van der Waals surface area (Å²) in [5, 5.41) is 8.51. The van der Waals surface area contributed by atoms with Gasteiger partial charge in [-0.05, 0) is 24.9 Å². The third kappa shape index (κ3) is 4.66. The molecule has 0 saturated heterocycles. The SMILES string of the molecule is CCSCCC(C)(N)C#N. The summed E-state index contributed by atoms with van der Waals surface area (Å²) in [6, 6.07) is 2.06. The van der Waals surface area contributed by atoms with Gasteiger partial charge < -0.3 is 5.73 Å². The van der Waals surface area contributed by atoms with Crippen LogP contribution in [0, 0.1) is 11.3 Å². The zero-order valence-corrected chi connectivity index (χ0v) is 7.37. The van der Waals surface area contributed by atoms with E-state index >= 15 is 0 Å². The maximum Gasteiger partial charge on any atom is 0.102 e. The number of thioether (sulfide) groups is 1. The summed E-state index contributed by atoms with van der Waals surface area (Å²) in [4.78, 5) is 0. The highest BCUT2D eigenvalue weighted by molar-refractivity contribution is 7.99. The molecule has 0 aliphatic carbocycles. The first-order chi connectivity index (χ1) is 4.62. The molecular formula is C7H14N2S. The molecule has 0 bridgehead atoms. The number of nitrogens with zero attached hydrogens (tertiary/aromatic N) is 1. The van der Waals surface area contributed by atoms with Crippen molar-refractivity contribution in [3.63, 3.8) is 0 Å². The van der Waals surface area contributed by atoms with Crippen molar-refractivity contribution in [3.05, 3.63) is 0 Å². The molecule has 0 saturated carbocycles. The van der Waals surface area contributed by atoms with E-state index in [4.69, 9.17) is 11.0 Å². The van der Waals surface area contributed by atoms with Gasteiger partial charge >= 0.3 is 0 Å². The van der Waals surface area contributed by atoms with Crippen LogP contribution in [0.25, 0.3) is 0 Å². The largest absolute Gasteiger partial charge is 0.314 e. The Bertz CT molecular complexity index is 126. The standard InChI is InChI=1S/C7H14N2S/c1-3-10-5-4-7(2,9)6-8/h3-5,9H2,1-2H3. The van der Waals surface area contributed by atoms with E-state index in [0.29, 0.717) is 0 Å². The Hall–Kier alpha value is -0.200. The molecule has 0 spiro atoms. The molecule has 0 heterocycles. The van der Waals surface area contributed by atoms with Gasteiger partial charge in [-0.1, -0.05) is 6.92 Å². The van der Waals surface area contributed by atoms with Gasteiger partial charge in [0.05, 0.1) is 6.07 Å². The van der Waals surface area contributed by atoms with Crippen molar-refractivity contribution in [2.45, 2.75) is 25.8 Å².